The van der Waals surface area contributed by atoms with E-state index >= 15 is 0 Å². The van der Waals surface area contributed by atoms with Crippen LogP contribution in [-0.2, 0) is 0 Å². The summed E-state index contributed by atoms with van der Waals surface area (Å²) < 4.78 is 0. The van der Waals surface area contributed by atoms with Gasteiger partial charge in [0, 0.05) is 25.2 Å². The molecule has 1 unspecified atom stereocenters. The number of nitrogens with zero attached hydrogens (tertiary/aromatic N) is 1. The highest BCUT2D eigenvalue weighted by Crippen LogP contribution is 2.28. The molecule has 0 aliphatic carbocycles. The van der Waals surface area contributed by atoms with Gasteiger partial charge in [-0.2, -0.15) is 0 Å². The van der Waals surface area contributed by atoms with Gasteiger partial charge in [-0.15, -0.1) is 0 Å². The van der Waals surface area contributed by atoms with E-state index in [0.29, 0.717) is 6.04 Å². The van der Waals surface area contributed by atoms with Crippen molar-refractivity contribution in [2.75, 3.05) is 24.3 Å². The molecule has 1 atom stereocenters. The van der Waals surface area contributed by atoms with Crippen LogP contribution in [0, 0.1) is 5.92 Å². The number of nitrogens with one attached hydrogen (secondary N) is 1. The Bertz CT molecular complexity index is 375. The zero-order valence-corrected chi connectivity index (χ0v) is 12.9. The van der Waals surface area contributed by atoms with Gasteiger partial charge in [-0.3, -0.25) is 0 Å². The third kappa shape index (κ3) is 4.77. The van der Waals surface area contributed by atoms with E-state index in [1.54, 1.807) is 0 Å². The number of rotatable bonds is 6. The molecule has 0 aliphatic heterocycles. The predicted octanol–water partition coefficient (Wildman–Crippen LogP) is 4.64. The average molecular weight is 269 g/mol. The van der Waals surface area contributed by atoms with Gasteiger partial charge in [-0.1, -0.05) is 25.4 Å². The molecular formula is C15H25ClN2. The van der Waals surface area contributed by atoms with Gasteiger partial charge in [-0.25, -0.2) is 0 Å². The van der Waals surface area contributed by atoms with Gasteiger partial charge >= 0.3 is 0 Å². The average Bonchev–Trinajstić information content (AvgIpc) is 2.26. The fraction of sp³-hybridized carbons (Fsp3) is 0.600. The molecule has 0 saturated heterocycles. The van der Waals surface area contributed by atoms with Gasteiger partial charge in [0.2, 0.25) is 0 Å². The standard InChI is InChI=1S/C15H25ClN2/c1-11(2)6-7-12(3)17-14-10-13(16)8-9-15(14)18(4)5/h8-12,17H,6-7H2,1-5H3. The number of anilines is 2. The second kappa shape index (κ2) is 6.89. The van der Waals surface area contributed by atoms with Crippen LogP contribution in [0.2, 0.25) is 5.02 Å². The van der Waals surface area contributed by atoms with E-state index < -0.39 is 0 Å². The highest BCUT2D eigenvalue weighted by molar-refractivity contribution is 6.31. The van der Waals surface area contributed by atoms with Crippen molar-refractivity contribution in [1.82, 2.24) is 0 Å². The fourth-order valence-electron chi connectivity index (χ4n) is 1.93. The normalized spacial score (nSPS) is 12.6. The third-order valence-electron chi connectivity index (χ3n) is 3.02. The Morgan fingerprint density at radius 1 is 1.17 bits per heavy atom. The molecule has 102 valence electrons. The van der Waals surface area contributed by atoms with Crippen LogP contribution >= 0.6 is 11.6 Å². The van der Waals surface area contributed by atoms with Gasteiger partial charge < -0.3 is 10.2 Å². The first-order chi connectivity index (χ1) is 8.40. The molecule has 3 heteroatoms. The minimum absolute atomic E-state index is 0.463. The molecule has 0 radical (unpaired) electrons. The van der Waals surface area contributed by atoms with E-state index in [1.807, 2.05) is 26.2 Å². The molecule has 0 aliphatic rings. The van der Waals surface area contributed by atoms with Gasteiger partial charge in [0.15, 0.2) is 0 Å². The predicted molar refractivity (Wildman–Crippen MR) is 82.9 cm³/mol. The van der Waals surface area contributed by atoms with Crippen molar-refractivity contribution in [2.45, 2.75) is 39.7 Å². The molecule has 1 aromatic rings. The molecule has 1 rings (SSSR count). The van der Waals surface area contributed by atoms with Crippen LogP contribution in [-0.4, -0.2) is 20.1 Å². The monoisotopic (exact) mass is 268 g/mol. The van der Waals surface area contributed by atoms with Gasteiger partial charge in [0.05, 0.1) is 11.4 Å². The summed E-state index contributed by atoms with van der Waals surface area (Å²) in [6, 6.07) is 6.45. The molecule has 0 aromatic heterocycles. The number of halogens is 1. The molecule has 0 spiro atoms. The summed E-state index contributed by atoms with van der Waals surface area (Å²) in [5, 5.41) is 4.34. The van der Waals surface area contributed by atoms with E-state index in [1.165, 1.54) is 18.5 Å². The highest BCUT2D eigenvalue weighted by Gasteiger charge is 2.09. The van der Waals surface area contributed by atoms with Gasteiger partial charge in [0.1, 0.15) is 0 Å². The summed E-state index contributed by atoms with van der Waals surface area (Å²) in [7, 11) is 4.10. The summed E-state index contributed by atoms with van der Waals surface area (Å²) >= 11 is 6.07. The maximum Gasteiger partial charge on any atom is 0.0597 e. The lowest BCUT2D eigenvalue weighted by Gasteiger charge is -2.22. The molecule has 0 bridgehead atoms. The number of hydrogen-bond donors (Lipinski definition) is 1. The van der Waals surface area contributed by atoms with Crippen LogP contribution in [0.4, 0.5) is 11.4 Å². The Hall–Kier alpha value is -0.890. The lowest BCUT2D eigenvalue weighted by atomic mass is 10.0. The first-order valence-corrected chi connectivity index (χ1v) is 7.01. The maximum atomic E-state index is 6.07. The maximum absolute atomic E-state index is 6.07. The molecule has 2 nitrogen and oxygen atoms in total. The number of benzene rings is 1. The summed E-state index contributed by atoms with van der Waals surface area (Å²) in [5.41, 5.74) is 2.29. The molecular weight excluding hydrogens is 244 g/mol. The fourth-order valence-corrected chi connectivity index (χ4v) is 2.11. The molecule has 1 aromatic carbocycles. The topological polar surface area (TPSA) is 15.3 Å². The Kier molecular flexibility index (Phi) is 5.80. The van der Waals surface area contributed by atoms with Crippen LogP contribution in [0.15, 0.2) is 18.2 Å². The highest BCUT2D eigenvalue weighted by atomic mass is 35.5. The van der Waals surface area contributed by atoms with Crippen LogP contribution in [0.25, 0.3) is 0 Å². The molecule has 0 fully saturated rings. The summed E-state index contributed by atoms with van der Waals surface area (Å²) in [4.78, 5) is 2.10. The zero-order chi connectivity index (χ0) is 13.7. The lowest BCUT2D eigenvalue weighted by Crippen LogP contribution is -2.19. The molecule has 0 saturated carbocycles. The van der Waals surface area contributed by atoms with Crippen LogP contribution in [0.5, 0.6) is 0 Å². The van der Waals surface area contributed by atoms with Crippen LogP contribution < -0.4 is 10.2 Å². The third-order valence-corrected chi connectivity index (χ3v) is 3.25. The van der Waals surface area contributed by atoms with E-state index in [2.05, 4.69) is 37.1 Å². The molecule has 18 heavy (non-hydrogen) atoms. The van der Waals surface area contributed by atoms with Crippen molar-refractivity contribution in [3.05, 3.63) is 23.2 Å². The zero-order valence-electron chi connectivity index (χ0n) is 12.1. The minimum Gasteiger partial charge on any atom is -0.381 e. The molecule has 0 heterocycles. The Morgan fingerprint density at radius 2 is 1.83 bits per heavy atom. The first-order valence-electron chi connectivity index (χ1n) is 6.63. The summed E-state index contributed by atoms with van der Waals surface area (Å²) in [5.74, 6) is 0.752. The summed E-state index contributed by atoms with van der Waals surface area (Å²) in [6.07, 6.45) is 2.42. The van der Waals surface area contributed by atoms with Crippen molar-refractivity contribution in [3.8, 4) is 0 Å². The van der Waals surface area contributed by atoms with Crippen molar-refractivity contribution in [3.63, 3.8) is 0 Å². The summed E-state index contributed by atoms with van der Waals surface area (Å²) in [6.45, 7) is 6.75. The van der Waals surface area contributed by atoms with Gasteiger partial charge in [0.25, 0.3) is 0 Å². The molecule has 0 amide bonds. The first kappa shape index (κ1) is 15.2. The van der Waals surface area contributed by atoms with Crippen molar-refractivity contribution >= 4 is 23.0 Å². The Morgan fingerprint density at radius 3 is 2.39 bits per heavy atom. The van der Waals surface area contributed by atoms with Crippen molar-refractivity contribution < 1.29 is 0 Å². The second-order valence-electron chi connectivity index (χ2n) is 5.57. The lowest BCUT2D eigenvalue weighted by molar-refractivity contribution is 0.528. The minimum atomic E-state index is 0.463. The van der Waals surface area contributed by atoms with Crippen LogP contribution in [0.3, 0.4) is 0 Å². The Balaban J connectivity index is 2.73. The van der Waals surface area contributed by atoms with E-state index in [-0.39, 0.29) is 0 Å². The van der Waals surface area contributed by atoms with E-state index in [9.17, 15) is 0 Å². The largest absolute Gasteiger partial charge is 0.381 e. The van der Waals surface area contributed by atoms with E-state index in [4.69, 9.17) is 11.6 Å². The van der Waals surface area contributed by atoms with Crippen molar-refractivity contribution in [1.29, 1.82) is 0 Å². The van der Waals surface area contributed by atoms with Crippen molar-refractivity contribution in [2.24, 2.45) is 5.92 Å². The van der Waals surface area contributed by atoms with E-state index in [0.717, 1.165) is 16.6 Å². The van der Waals surface area contributed by atoms with Crippen LogP contribution in [0.1, 0.15) is 33.6 Å². The second-order valence-corrected chi connectivity index (χ2v) is 6.01. The smallest absolute Gasteiger partial charge is 0.0597 e. The number of hydrogen-bond acceptors (Lipinski definition) is 2. The SMILES string of the molecule is CC(C)CCC(C)Nc1cc(Cl)ccc1N(C)C. The molecule has 1 N–H and O–H groups in total. The quantitative estimate of drug-likeness (QED) is 0.808. The Labute approximate surface area is 116 Å². The van der Waals surface area contributed by atoms with Gasteiger partial charge in [-0.05, 0) is 43.9 Å².